The van der Waals surface area contributed by atoms with Gasteiger partial charge < -0.3 is 15.8 Å². The molecule has 0 aliphatic heterocycles. The molecule has 1 rings (SSSR count). The smallest absolute Gasteiger partial charge is 0.220 e. The van der Waals surface area contributed by atoms with E-state index in [1.54, 1.807) is 7.11 Å². The van der Waals surface area contributed by atoms with Crippen molar-refractivity contribution in [2.45, 2.75) is 31.7 Å². The number of halogens is 1. The molecule has 3 N–H and O–H groups in total. The zero-order chi connectivity index (χ0) is 10.4. The molecule has 1 atom stereocenters. The Hall–Kier alpha value is -0.320. The lowest BCUT2D eigenvalue weighted by molar-refractivity contribution is -0.121. The molecule has 0 radical (unpaired) electrons. The molecule has 0 aromatic carbocycles. The summed E-state index contributed by atoms with van der Waals surface area (Å²) < 4.78 is 4.86. The molecule has 1 saturated carbocycles. The Kier molecular flexibility index (Phi) is 7.74. The van der Waals surface area contributed by atoms with Gasteiger partial charge in [-0.15, -0.1) is 12.4 Å². The second kappa shape index (κ2) is 7.91. The minimum Gasteiger partial charge on any atom is -0.385 e. The minimum atomic E-state index is 0. The van der Waals surface area contributed by atoms with E-state index in [0.29, 0.717) is 25.5 Å². The van der Waals surface area contributed by atoms with Crippen LogP contribution in [0, 0.1) is 5.92 Å². The standard InChI is InChI=1S/C10H20N2O2.ClH/c1-14-6-2-3-10(13)12-7-9(11)8-4-5-8;/h8-9H,2-7,11H2,1H3,(H,12,13);1H. The Labute approximate surface area is 97.3 Å². The molecule has 0 spiro atoms. The van der Waals surface area contributed by atoms with Gasteiger partial charge in [-0.2, -0.15) is 0 Å². The van der Waals surface area contributed by atoms with Crippen LogP contribution in [-0.2, 0) is 9.53 Å². The van der Waals surface area contributed by atoms with Crippen molar-refractivity contribution < 1.29 is 9.53 Å². The Bertz CT molecular complexity index is 186. The first-order valence-electron chi connectivity index (χ1n) is 5.25. The molecule has 5 heteroatoms. The van der Waals surface area contributed by atoms with E-state index in [2.05, 4.69) is 5.32 Å². The van der Waals surface area contributed by atoms with Crippen molar-refractivity contribution in [3.8, 4) is 0 Å². The molecule has 1 amide bonds. The third kappa shape index (κ3) is 6.71. The van der Waals surface area contributed by atoms with Gasteiger partial charge in [0.15, 0.2) is 0 Å². The first-order chi connectivity index (χ1) is 6.74. The number of methoxy groups -OCH3 is 1. The average molecular weight is 237 g/mol. The van der Waals surface area contributed by atoms with E-state index in [9.17, 15) is 4.79 Å². The highest BCUT2D eigenvalue weighted by Gasteiger charge is 2.28. The first-order valence-corrected chi connectivity index (χ1v) is 5.25. The van der Waals surface area contributed by atoms with Crippen LogP contribution < -0.4 is 11.1 Å². The van der Waals surface area contributed by atoms with Gasteiger partial charge in [0.1, 0.15) is 0 Å². The van der Waals surface area contributed by atoms with Crippen LogP contribution in [0.2, 0.25) is 0 Å². The minimum absolute atomic E-state index is 0. The van der Waals surface area contributed by atoms with E-state index in [0.717, 1.165) is 6.42 Å². The summed E-state index contributed by atoms with van der Waals surface area (Å²) in [5, 5.41) is 2.84. The third-order valence-corrected chi connectivity index (χ3v) is 2.51. The van der Waals surface area contributed by atoms with E-state index in [-0.39, 0.29) is 24.4 Å². The van der Waals surface area contributed by atoms with E-state index in [1.807, 2.05) is 0 Å². The van der Waals surface area contributed by atoms with Crippen molar-refractivity contribution in [2.24, 2.45) is 11.7 Å². The highest BCUT2D eigenvalue weighted by atomic mass is 35.5. The molecule has 90 valence electrons. The van der Waals surface area contributed by atoms with Gasteiger partial charge in [-0.25, -0.2) is 0 Å². The molecule has 15 heavy (non-hydrogen) atoms. The number of carbonyl (C=O) groups is 1. The van der Waals surface area contributed by atoms with Crippen LogP contribution in [0.5, 0.6) is 0 Å². The van der Waals surface area contributed by atoms with Crippen LogP contribution in [0.1, 0.15) is 25.7 Å². The Morgan fingerprint density at radius 3 is 2.80 bits per heavy atom. The lowest BCUT2D eigenvalue weighted by atomic mass is 10.2. The number of nitrogens with two attached hydrogens (primary N) is 1. The summed E-state index contributed by atoms with van der Waals surface area (Å²) >= 11 is 0. The Morgan fingerprint density at radius 1 is 1.60 bits per heavy atom. The molecule has 0 aromatic rings. The monoisotopic (exact) mass is 236 g/mol. The molecule has 1 aliphatic carbocycles. The van der Waals surface area contributed by atoms with Gasteiger partial charge in [-0.05, 0) is 25.2 Å². The fourth-order valence-electron chi connectivity index (χ4n) is 1.39. The van der Waals surface area contributed by atoms with Crippen LogP contribution in [0.3, 0.4) is 0 Å². The van der Waals surface area contributed by atoms with Gasteiger partial charge in [0, 0.05) is 32.7 Å². The van der Waals surface area contributed by atoms with Gasteiger partial charge in [0.05, 0.1) is 0 Å². The largest absolute Gasteiger partial charge is 0.385 e. The summed E-state index contributed by atoms with van der Waals surface area (Å²) in [4.78, 5) is 11.2. The highest BCUT2D eigenvalue weighted by Crippen LogP contribution is 2.31. The zero-order valence-corrected chi connectivity index (χ0v) is 10.0. The first kappa shape index (κ1) is 14.7. The lowest BCUT2D eigenvalue weighted by Gasteiger charge is -2.11. The number of carbonyl (C=O) groups excluding carboxylic acids is 1. The summed E-state index contributed by atoms with van der Waals surface area (Å²) in [6.07, 6.45) is 3.76. The average Bonchev–Trinajstić information content (AvgIpc) is 2.98. The topological polar surface area (TPSA) is 64.3 Å². The molecule has 1 unspecified atom stereocenters. The lowest BCUT2D eigenvalue weighted by Crippen LogP contribution is -2.38. The van der Waals surface area contributed by atoms with E-state index < -0.39 is 0 Å². The number of amides is 1. The fourth-order valence-corrected chi connectivity index (χ4v) is 1.39. The molecular weight excluding hydrogens is 216 g/mol. The van der Waals surface area contributed by atoms with E-state index in [4.69, 9.17) is 10.5 Å². The molecule has 0 aromatic heterocycles. The molecule has 0 heterocycles. The Balaban J connectivity index is 0.00000196. The van der Waals surface area contributed by atoms with Gasteiger partial charge in [0.25, 0.3) is 0 Å². The molecular formula is C10H21ClN2O2. The summed E-state index contributed by atoms with van der Waals surface area (Å²) in [7, 11) is 1.64. The maximum Gasteiger partial charge on any atom is 0.220 e. The van der Waals surface area contributed by atoms with Crippen molar-refractivity contribution in [2.75, 3.05) is 20.3 Å². The highest BCUT2D eigenvalue weighted by molar-refractivity contribution is 5.85. The fraction of sp³-hybridized carbons (Fsp3) is 0.900. The van der Waals surface area contributed by atoms with Gasteiger partial charge >= 0.3 is 0 Å². The molecule has 4 nitrogen and oxygen atoms in total. The van der Waals surface area contributed by atoms with Crippen molar-refractivity contribution in [3.05, 3.63) is 0 Å². The Morgan fingerprint density at radius 2 is 2.27 bits per heavy atom. The maximum absolute atomic E-state index is 11.2. The number of rotatable bonds is 7. The van der Waals surface area contributed by atoms with Crippen molar-refractivity contribution >= 4 is 18.3 Å². The normalized spacial score (nSPS) is 16.7. The molecule has 1 aliphatic rings. The second-order valence-electron chi connectivity index (χ2n) is 3.90. The molecule has 0 bridgehead atoms. The van der Waals surface area contributed by atoms with Gasteiger partial charge in [-0.3, -0.25) is 4.79 Å². The van der Waals surface area contributed by atoms with Crippen LogP contribution in [0.15, 0.2) is 0 Å². The van der Waals surface area contributed by atoms with E-state index >= 15 is 0 Å². The predicted octanol–water partition coefficient (Wildman–Crippen LogP) is 0.688. The van der Waals surface area contributed by atoms with Crippen LogP contribution in [0.4, 0.5) is 0 Å². The van der Waals surface area contributed by atoms with Gasteiger partial charge in [0.2, 0.25) is 5.91 Å². The number of hydrogen-bond acceptors (Lipinski definition) is 3. The van der Waals surface area contributed by atoms with Crippen molar-refractivity contribution in [1.29, 1.82) is 0 Å². The third-order valence-electron chi connectivity index (χ3n) is 2.51. The van der Waals surface area contributed by atoms with Crippen molar-refractivity contribution in [1.82, 2.24) is 5.32 Å². The number of ether oxygens (including phenoxy) is 1. The summed E-state index contributed by atoms with van der Waals surface area (Å²) in [6.45, 7) is 1.26. The summed E-state index contributed by atoms with van der Waals surface area (Å²) in [5.41, 5.74) is 5.84. The summed E-state index contributed by atoms with van der Waals surface area (Å²) in [5.74, 6) is 0.729. The zero-order valence-electron chi connectivity index (χ0n) is 9.20. The van der Waals surface area contributed by atoms with Crippen LogP contribution >= 0.6 is 12.4 Å². The number of nitrogens with one attached hydrogen (secondary N) is 1. The van der Waals surface area contributed by atoms with Gasteiger partial charge in [-0.1, -0.05) is 0 Å². The maximum atomic E-state index is 11.2. The van der Waals surface area contributed by atoms with E-state index in [1.165, 1.54) is 12.8 Å². The van der Waals surface area contributed by atoms with Crippen LogP contribution in [0.25, 0.3) is 0 Å². The summed E-state index contributed by atoms with van der Waals surface area (Å²) in [6, 6.07) is 0.154. The predicted molar refractivity (Wildman–Crippen MR) is 62.1 cm³/mol. The second-order valence-corrected chi connectivity index (χ2v) is 3.90. The number of hydrogen-bond donors (Lipinski definition) is 2. The quantitative estimate of drug-likeness (QED) is 0.640. The van der Waals surface area contributed by atoms with Crippen molar-refractivity contribution in [3.63, 3.8) is 0 Å². The van der Waals surface area contributed by atoms with Crippen LogP contribution in [-0.4, -0.2) is 32.2 Å². The molecule has 0 saturated heterocycles. The SMILES string of the molecule is COCCCC(=O)NCC(N)C1CC1.Cl. The molecule has 1 fully saturated rings.